The van der Waals surface area contributed by atoms with Gasteiger partial charge in [-0.3, -0.25) is 0 Å². The van der Waals surface area contributed by atoms with Crippen LogP contribution in [0.15, 0.2) is 17.0 Å². The van der Waals surface area contributed by atoms with Gasteiger partial charge in [-0.25, -0.2) is 4.98 Å². The Morgan fingerprint density at radius 1 is 1.78 bits per heavy atom. The van der Waals surface area contributed by atoms with Crippen molar-refractivity contribution in [2.75, 3.05) is 0 Å². The van der Waals surface area contributed by atoms with E-state index in [1.807, 2.05) is 6.20 Å². The van der Waals surface area contributed by atoms with E-state index in [0.717, 1.165) is 11.7 Å². The first-order valence-electron chi connectivity index (χ1n) is 3.26. The summed E-state index contributed by atoms with van der Waals surface area (Å²) in [4.78, 5) is 3.85. The molecule has 1 heterocycles. The maximum Gasteiger partial charge on any atom is 0.180 e. The second kappa shape index (κ2) is 1.59. The van der Waals surface area contributed by atoms with E-state index in [-0.39, 0.29) is 0 Å². The van der Waals surface area contributed by atoms with Crippen molar-refractivity contribution in [3.05, 3.63) is 18.4 Å². The van der Waals surface area contributed by atoms with Gasteiger partial charge in [-0.15, -0.1) is 0 Å². The molecule has 0 N–H and O–H groups in total. The summed E-state index contributed by atoms with van der Waals surface area (Å²) in [5.74, 6) is 2.55. The van der Waals surface area contributed by atoms with Crippen molar-refractivity contribution in [2.24, 2.45) is 5.92 Å². The molecule has 2 atom stereocenters. The van der Waals surface area contributed by atoms with E-state index in [9.17, 15) is 0 Å². The Balaban J connectivity index is 2.18. The molecule has 48 valence electrons. The van der Waals surface area contributed by atoms with E-state index in [0.29, 0.717) is 5.92 Å². The summed E-state index contributed by atoms with van der Waals surface area (Å²) in [5, 5.41) is 0. The van der Waals surface area contributed by atoms with Gasteiger partial charge in [-0.1, -0.05) is 6.92 Å². The highest BCUT2D eigenvalue weighted by atomic mass is 16.3. The summed E-state index contributed by atoms with van der Waals surface area (Å²) >= 11 is 0. The van der Waals surface area contributed by atoms with Gasteiger partial charge in [0.25, 0.3) is 0 Å². The van der Waals surface area contributed by atoms with Crippen LogP contribution in [0.5, 0.6) is 0 Å². The van der Waals surface area contributed by atoms with E-state index in [1.165, 1.54) is 12.8 Å². The molecule has 1 aliphatic carbocycles. The van der Waals surface area contributed by atoms with Crippen molar-refractivity contribution >= 4 is 0 Å². The van der Waals surface area contributed by atoms with Crippen LogP contribution < -0.4 is 0 Å². The largest absolute Gasteiger partial charge is 0.448 e. The first-order valence-corrected chi connectivity index (χ1v) is 3.26. The maximum absolute atomic E-state index is 5.12. The Labute approximate surface area is 53.9 Å². The molecule has 9 heavy (non-hydrogen) atoms. The molecule has 0 spiro atoms. The fourth-order valence-corrected chi connectivity index (χ4v) is 1.13. The fourth-order valence-electron chi connectivity index (χ4n) is 1.13. The van der Waals surface area contributed by atoms with Gasteiger partial charge in [0, 0.05) is 5.92 Å². The lowest BCUT2D eigenvalue weighted by atomic mass is 10.3. The molecule has 0 amide bonds. The van der Waals surface area contributed by atoms with Crippen LogP contribution in [0.25, 0.3) is 0 Å². The molecule has 0 radical (unpaired) electrons. The van der Waals surface area contributed by atoms with Crippen LogP contribution >= 0.6 is 0 Å². The minimum absolute atomic E-state index is 0.674. The number of oxazole rings is 1. The predicted molar refractivity (Wildman–Crippen MR) is 33.0 cm³/mol. The van der Waals surface area contributed by atoms with Crippen LogP contribution in [0.2, 0.25) is 0 Å². The first-order chi connectivity index (χ1) is 4.38. The molecule has 2 nitrogen and oxygen atoms in total. The molecule has 0 saturated heterocycles. The van der Waals surface area contributed by atoms with Crippen molar-refractivity contribution in [2.45, 2.75) is 19.3 Å². The van der Waals surface area contributed by atoms with E-state index in [1.54, 1.807) is 0 Å². The maximum atomic E-state index is 5.12. The van der Waals surface area contributed by atoms with Gasteiger partial charge in [0.2, 0.25) is 0 Å². The molecule has 0 unspecified atom stereocenters. The van der Waals surface area contributed by atoms with E-state index in [4.69, 9.17) is 4.42 Å². The zero-order valence-electron chi connectivity index (χ0n) is 5.37. The Morgan fingerprint density at radius 2 is 2.56 bits per heavy atom. The molecule has 0 aliphatic heterocycles. The molecular formula is C7H9NO. The molecule has 1 aliphatic rings. The lowest BCUT2D eigenvalue weighted by molar-refractivity contribution is 0.500. The highest BCUT2D eigenvalue weighted by Gasteiger charge is 2.36. The summed E-state index contributed by atoms with van der Waals surface area (Å²) < 4.78 is 5.12. The standard InChI is InChI=1S/C7H9NO/c1-5-2-6(5)7-3-8-4-9-7/h3-6H,2H2,1H3/t5-,6-/m1/s1. The highest BCUT2D eigenvalue weighted by molar-refractivity contribution is 5.09. The molecule has 1 aromatic rings. The lowest BCUT2D eigenvalue weighted by Gasteiger charge is -1.84. The van der Waals surface area contributed by atoms with Crippen molar-refractivity contribution < 1.29 is 4.42 Å². The molecule has 1 fully saturated rings. The van der Waals surface area contributed by atoms with Crippen LogP contribution in [0.4, 0.5) is 0 Å². The van der Waals surface area contributed by atoms with Crippen molar-refractivity contribution in [3.8, 4) is 0 Å². The number of rotatable bonds is 1. The third kappa shape index (κ3) is 0.745. The Morgan fingerprint density at radius 3 is 3.00 bits per heavy atom. The van der Waals surface area contributed by atoms with E-state index < -0.39 is 0 Å². The zero-order valence-corrected chi connectivity index (χ0v) is 5.37. The first kappa shape index (κ1) is 5.03. The summed E-state index contributed by atoms with van der Waals surface area (Å²) in [6.45, 7) is 2.23. The Kier molecular flexibility index (Phi) is 0.891. The molecular weight excluding hydrogens is 114 g/mol. The normalized spacial score (nSPS) is 32.6. The Hall–Kier alpha value is -0.790. The van der Waals surface area contributed by atoms with Crippen molar-refractivity contribution in [3.63, 3.8) is 0 Å². The number of hydrogen-bond acceptors (Lipinski definition) is 2. The van der Waals surface area contributed by atoms with Crippen LogP contribution in [-0.2, 0) is 0 Å². The average Bonchev–Trinajstić information content (AvgIpc) is 2.44. The summed E-state index contributed by atoms with van der Waals surface area (Å²) in [5.41, 5.74) is 0. The minimum atomic E-state index is 0.674. The topological polar surface area (TPSA) is 26.0 Å². The number of nitrogens with zero attached hydrogens (tertiary/aromatic N) is 1. The third-order valence-electron chi connectivity index (χ3n) is 1.93. The summed E-state index contributed by atoms with van der Waals surface area (Å²) in [6, 6.07) is 0. The number of hydrogen-bond donors (Lipinski definition) is 0. The highest BCUT2D eigenvalue weighted by Crippen LogP contribution is 2.46. The van der Waals surface area contributed by atoms with Gasteiger partial charge < -0.3 is 4.42 Å². The van der Waals surface area contributed by atoms with Crippen LogP contribution in [0, 0.1) is 5.92 Å². The number of aromatic nitrogens is 1. The molecule has 1 aromatic heterocycles. The van der Waals surface area contributed by atoms with E-state index in [2.05, 4.69) is 11.9 Å². The third-order valence-corrected chi connectivity index (χ3v) is 1.93. The van der Waals surface area contributed by atoms with Gasteiger partial charge in [0.1, 0.15) is 5.76 Å². The SMILES string of the molecule is C[C@@H]1C[C@H]1c1cnco1. The monoisotopic (exact) mass is 123 g/mol. The van der Waals surface area contributed by atoms with Crippen LogP contribution in [0.3, 0.4) is 0 Å². The Bertz CT molecular complexity index is 193. The summed E-state index contributed by atoms with van der Waals surface area (Å²) in [6.07, 6.45) is 4.59. The predicted octanol–water partition coefficient (Wildman–Crippen LogP) is 1.80. The van der Waals surface area contributed by atoms with Gasteiger partial charge >= 0.3 is 0 Å². The van der Waals surface area contributed by atoms with Crippen LogP contribution in [0.1, 0.15) is 25.0 Å². The second-order valence-electron chi connectivity index (χ2n) is 2.72. The van der Waals surface area contributed by atoms with Gasteiger partial charge in [-0.2, -0.15) is 0 Å². The van der Waals surface area contributed by atoms with Gasteiger partial charge in [0.05, 0.1) is 6.20 Å². The summed E-state index contributed by atoms with van der Waals surface area (Å²) in [7, 11) is 0. The van der Waals surface area contributed by atoms with E-state index >= 15 is 0 Å². The lowest BCUT2D eigenvalue weighted by Crippen LogP contribution is -1.72. The van der Waals surface area contributed by atoms with Crippen LogP contribution in [-0.4, -0.2) is 4.98 Å². The molecule has 2 heteroatoms. The molecule has 0 bridgehead atoms. The average molecular weight is 123 g/mol. The van der Waals surface area contributed by atoms with Gasteiger partial charge in [0.15, 0.2) is 6.39 Å². The molecule has 0 aromatic carbocycles. The molecule has 1 saturated carbocycles. The smallest absolute Gasteiger partial charge is 0.180 e. The molecule has 2 rings (SSSR count). The second-order valence-corrected chi connectivity index (χ2v) is 2.72. The van der Waals surface area contributed by atoms with Gasteiger partial charge in [-0.05, 0) is 12.3 Å². The quantitative estimate of drug-likeness (QED) is 0.569. The van der Waals surface area contributed by atoms with Crippen molar-refractivity contribution in [1.29, 1.82) is 0 Å². The van der Waals surface area contributed by atoms with Crippen molar-refractivity contribution in [1.82, 2.24) is 4.98 Å². The zero-order chi connectivity index (χ0) is 6.27. The fraction of sp³-hybridized carbons (Fsp3) is 0.571. The minimum Gasteiger partial charge on any atom is -0.448 e.